The molecule has 1 heterocycles. The van der Waals surface area contributed by atoms with Crippen LogP contribution in [0.4, 0.5) is 0 Å². The summed E-state index contributed by atoms with van der Waals surface area (Å²) < 4.78 is 0. The average molecular weight is 136 g/mol. The van der Waals surface area contributed by atoms with Crippen molar-refractivity contribution in [1.29, 1.82) is 0 Å². The Morgan fingerprint density at radius 2 is 2.00 bits per heavy atom. The fraction of sp³-hybridized carbons (Fsp3) is 0.400. The Morgan fingerprint density at radius 1 is 1.38 bits per heavy atom. The monoisotopic (exact) mass is 136 g/mol. The van der Waals surface area contributed by atoms with Gasteiger partial charge in [-0.2, -0.15) is 6.20 Å². The normalized spacial score (nSPS) is 5.75. The molecule has 3 heteroatoms. The van der Waals surface area contributed by atoms with Gasteiger partial charge in [-0.25, -0.2) is 0 Å². The van der Waals surface area contributed by atoms with Crippen molar-refractivity contribution in [2.45, 2.75) is 13.8 Å². The van der Waals surface area contributed by atoms with E-state index in [4.69, 9.17) is 0 Å². The van der Waals surface area contributed by atoms with Gasteiger partial charge in [0.25, 0.3) is 0 Å². The van der Waals surface area contributed by atoms with E-state index in [1.54, 1.807) is 18.5 Å². The number of hydrogen-bond acceptors (Lipinski definition) is 1. The third kappa shape index (κ3) is 6.85. The van der Waals surface area contributed by atoms with Gasteiger partial charge in [0.05, 0.1) is 0 Å². The van der Waals surface area contributed by atoms with Gasteiger partial charge in [-0.05, 0) is 0 Å². The Hall–Kier alpha value is 0.846. The summed E-state index contributed by atoms with van der Waals surface area (Å²) in [6.45, 7) is 4.00. The zero-order valence-corrected chi connectivity index (χ0v) is 8.75. The van der Waals surface area contributed by atoms with E-state index in [9.17, 15) is 0 Å². The largest absolute Gasteiger partial charge is 1.00 e. The van der Waals surface area contributed by atoms with Crippen molar-refractivity contribution >= 4 is 0 Å². The Kier molecular flexibility index (Phi) is 15.6. The van der Waals surface area contributed by atoms with Crippen LogP contribution >= 0.6 is 0 Å². The summed E-state index contributed by atoms with van der Waals surface area (Å²) in [5.74, 6) is 0. The van der Waals surface area contributed by atoms with Crippen LogP contribution in [0.5, 0.6) is 0 Å². The van der Waals surface area contributed by atoms with Crippen LogP contribution in [0.1, 0.15) is 13.8 Å². The first-order chi connectivity index (χ1) is 3.50. The molecule has 0 saturated heterocycles. The third-order valence-electron chi connectivity index (χ3n) is 0.372. The third-order valence-corrected chi connectivity index (χ3v) is 0.372. The van der Waals surface area contributed by atoms with Gasteiger partial charge in [0.2, 0.25) is 0 Å². The van der Waals surface area contributed by atoms with Crippen LogP contribution in [0.15, 0.2) is 18.5 Å². The van der Waals surface area contributed by atoms with E-state index in [2.05, 4.69) is 10.2 Å². The molecule has 0 amide bonds. The molecule has 1 aromatic rings. The van der Waals surface area contributed by atoms with Crippen LogP contribution in [-0.2, 0) is 0 Å². The molecule has 0 bridgehead atoms. The zero-order chi connectivity index (χ0) is 5.54. The molecule has 0 N–H and O–H groups in total. The fourth-order valence-electron chi connectivity index (χ4n) is 0.192. The van der Waals surface area contributed by atoms with E-state index < -0.39 is 0 Å². The van der Waals surface area contributed by atoms with Crippen molar-refractivity contribution < 1.29 is 51.4 Å². The molecular formula is C5H9KN2. The fourth-order valence-corrected chi connectivity index (χ4v) is 0.192. The van der Waals surface area contributed by atoms with Gasteiger partial charge >= 0.3 is 51.4 Å². The Morgan fingerprint density at radius 3 is 2.12 bits per heavy atom. The number of nitrogens with zero attached hydrogens (tertiary/aromatic N) is 2. The van der Waals surface area contributed by atoms with Crippen LogP contribution < -0.4 is 56.5 Å². The van der Waals surface area contributed by atoms with Crippen LogP contribution in [0.2, 0.25) is 0 Å². The molecule has 2 nitrogen and oxygen atoms in total. The molecule has 40 valence electrons. The van der Waals surface area contributed by atoms with E-state index in [1.807, 2.05) is 13.8 Å². The second-order valence-electron chi connectivity index (χ2n) is 0.722. The van der Waals surface area contributed by atoms with Crippen LogP contribution in [0.25, 0.3) is 0 Å². The summed E-state index contributed by atoms with van der Waals surface area (Å²) in [4.78, 5) is 0. The summed E-state index contributed by atoms with van der Waals surface area (Å²) in [6.07, 6.45) is 3.28. The standard InChI is InChI=1S/C3H3N2.C2H6.K/c1-2-4-5-3-1;1-2;/h1-3H;1-2H3;/q-1;;+1. The van der Waals surface area contributed by atoms with Crippen molar-refractivity contribution in [3.05, 3.63) is 18.5 Å². The molecule has 1 aromatic heterocycles. The quantitative estimate of drug-likeness (QED) is 0.388. The predicted octanol–water partition coefficient (Wildman–Crippen LogP) is -1.93. The predicted molar refractivity (Wildman–Crippen MR) is 28.9 cm³/mol. The molecule has 0 aliphatic carbocycles. The first kappa shape index (κ1) is 11.6. The Bertz CT molecular complexity index is 66.9. The van der Waals surface area contributed by atoms with Gasteiger partial charge in [-0.15, -0.1) is 0 Å². The molecular weight excluding hydrogens is 127 g/mol. The van der Waals surface area contributed by atoms with Gasteiger partial charge in [-0.1, -0.05) is 19.9 Å². The van der Waals surface area contributed by atoms with E-state index in [-0.39, 0.29) is 51.4 Å². The van der Waals surface area contributed by atoms with E-state index >= 15 is 0 Å². The maximum atomic E-state index is 3.47. The molecule has 0 atom stereocenters. The second-order valence-corrected chi connectivity index (χ2v) is 0.722. The van der Waals surface area contributed by atoms with Crippen molar-refractivity contribution in [2.24, 2.45) is 0 Å². The molecule has 0 aromatic carbocycles. The first-order valence-corrected chi connectivity index (χ1v) is 2.38. The van der Waals surface area contributed by atoms with E-state index in [0.29, 0.717) is 0 Å². The summed E-state index contributed by atoms with van der Waals surface area (Å²) in [7, 11) is 0. The molecule has 0 spiro atoms. The molecule has 0 saturated carbocycles. The summed E-state index contributed by atoms with van der Waals surface area (Å²) >= 11 is 0. The minimum Gasteiger partial charge on any atom is -0.582 e. The number of rotatable bonds is 0. The molecule has 0 fully saturated rings. The smallest absolute Gasteiger partial charge is 0.582 e. The molecule has 0 aliphatic rings. The van der Waals surface area contributed by atoms with Gasteiger partial charge in [0.15, 0.2) is 0 Å². The Labute approximate surface area is 92.5 Å². The maximum absolute atomic E-state index is 3.47. The SMILES string of the molecule is CC.[K+].c1cn[n-]c1. The van der Waals surface area contributed by atoms with Crippen LogP contribution in [0, 0.1) is 0 Å². The van der Waals surface area contributed by atoms with Crippen LogP contribution in [-0.4, -0.2) is 5.10 Å². The topological polar surface area (TPSA) is 27.0 Å². The second kappa shape index (κ2) is 10.8. The molecule has 0 unspecified atom stereocenters. The first-order valence-electron chi connectivity index (χ1n) is 2.38. The molecule has 8 heavy (non-hydrogen) atoms. The zero-order valence-electron chi connectivity index (χ0n) is 5.63. The van der Waals surface area contributed by atoms with Crippen molar-refractivity contribution in [3.63, 3.8) is 0 Å². The molecule has 0 radical (unpaired) electrons. The average Bonchev–Trinajstić information content (AvgIpc) is 2.23. The van der Waals surface area contributed by atoms with Crippen LogP contribution in [0.3, 0.4) is 0 Å². The summed E-state index contributed by atoms with van der Waals surface area (Å²) in [6, 6.07) is 1.78. The molecule has 0 aliphatic heterocycles. The number of aromatic nitrogens is 2. The van der Waals surface area contributed by atoms with Gasteiger partial charge in [0.1, 0.15) is 0 Å². The number of hydrogen-bond donors (Lipinski definition) is 0. The summed E-state index contributed by atoms with van der Waals surface area (Å²) in [5.41, 5.74) is 0. The van der Waals surface area contributed by atoms with Gasteiger partial charge in [0, 0.05) is 6.20 Å². The van der Waals surface area contributed by atoms with Gasteiger partial charge < -0.3 is 10.2 Å². The van der Waals surface area contributed by atoms with Crippen molar-refractivity contribution in [3.8, 4) is 0 Å². The Balaban J connectivity index is 0. The maximum Gasteiger partial charge on any atom is 1.00 e. The van der Waals surface area contributed by atoms with Crippen molar-refractivity contribution in [2.75, 3.05) is 0 Å². The minimum atomic E-state index is 0. The summed E-state index contributed by atoms with van der Waals surface area (Å²) in [5, 5.41) is 6.94. The van der Waals surface area contributed by atoms with E-state index in [0.717, 1.165) is 0 Å². The molecule has 1 rings (SSSR count). The van der Waals surface area contributed by atoms with Crippen molar-refractivity contribution in [1.82, 2.24) is 10.2 Å². The van der Waals surface area contributed by atoms with E-state index in [1.165, 1.54) is 0 Å². The minimum absolute atomic E-state index is 0. The van der Waals surface area contributed by atoms with Gasteiger partial charge in [-0.3, -0.25) is 0 Å².